The molecule has 2 atom stereocenters. The fraction of sp³-hybridized carbons (Fsp3) is 0.571. The Kier molecular flexibility index (Phi) is 8.69. The summed E-state index contributed by atoms with van der Waals surface area (Å²) >= 11 is 12.4. The molecule has 4 heterocycles. The lowest BCUT2D eigenvalue weighted by molar-refractivity contribution is -0.140. The van der Waals surface area contributed by atoms with Gasteiger partial charge in [-0.25, -0.2) is 14.6 Å². The molecule has 2 fully saturated rings. The maximum Gasteiger partial charge on any atom is 0.437 e. The number of benzene rings is 1. The van der Waals surface area contributed by atoms with Crippen LogP contribution < -0.4 is 10.2 Å². The van der Waals surface area contributed by atoms with Crippen LogP contribution in [0.1, 0.15) is 50.9 Å². The van der Waals surface area contributed by atoms with Gasteiger partial charge in [0.2, 0.25) is 5.91 Å². The number of carbonyl (C=O) groups is 1. The Hall–Kier alpha value is -2.63. The molecule has 222 valence electrons. The van der Waals surface area contributed by atoms with Crippen LogP contribution in [0.2, 0.25) is 10.0 Å². The Bertz CT molecular complexity index is 1410. The number of hydrogen-bond donors (Lipinski definition) is 1. The van der Waals surface area contributed by atoms with Crippen molar-refractivity contribution in [2.45, 2.75) is 45.8 Å². The van der Waals surface area contributed by atoms with Gasteiger partial charge in [0.25, 0.3) is 0 Å². The molecule has 0 saturated carbocycles. The van der Waals surface area contributed by atoms with Gasteiger partial charge in [0.05, 0.1) is 12.2 Å². The lowest BCUT2D eigenvalue weighted by Gasteiger charge is -2.47. The van der Waals surface area contributed by atoms with E-state index in [1.165, 1.54) is 10.9 Å². The van der Waals surface area contributed by atoms with Crippen LogP contribution in [0, 0.1) is 17.8 Å². The number of hydrogen-bond acceptors (Lipinski definition) is 6. The Morgan fingerprint density at radius 1 is 1.15 bits per heavy atom. The number of anilines is 1. The van der Waals surface area contributed by atoms with Crippen LogP contribution in [0.5, 0.6) is 0 Å². The Balaban J connectivity index is 1.30. The third kappa shape index (κ3) is 6.41. The molecule has 41 heavy (non-hydrogen) atoms. The number of nitrogens with zero attached hydrogens (tertiary/aromatic N) is 6. The first kappa shape index (κ1) is 29.8. The van der Waals surface area contributed by atoms with E-state index < -0.39 is 17.9 Å². The largest absolute Gasteiger partial charge is 0.437 e. The number of likely N-dealkylation sites (tertiary alicyclic amines) is 1. The van der Waals surface area contributed by atoms with E-state index in [0.717, 1.165) is 45.6 Å². The second-order valence-corrected chi connectivity index (χ2v) is 12.2. The van der Waals surface area contributed by atoms with E-state index in [0.29, 0.717) is 39.8 Å². The van der Waals surface area contributed by atoms with Gasteiger partial charge in [-0.2, -0.15) is 18.3 Å². The molecule has 0 bridgehead atoms. The summed E-state index contributed by atoms with van der Waals surface area (Å²) in [7, 11) is 0. The number of aromatic nitrogens is 4. The van der Waals surface area contributed by atoms with Crippen molar-refractivity contribution in [2.24, 2.45) is 17.8 Å². The van der Waals surface area contributed by atoms with Gasteiger partial charge in [-0.05, 0) is 55.8 Å². The first-order valence-corrected chi connectivity index (χ1v) is 14.7. The van der Waals surface area contributed by atoms with E-state index in [1.54, 1.807) is 25.1 Å². The van der Waals surface area contributed by atoms with E-state index >= 15 is 0 Å². The number of carbonyl (C=O) groups excluding carboxylic acids is 1. The maximum atomic E-state index is 13.9. The van der Waals surface area contributed by atoms with Gasteiger partial charge < -0.3 is 15.1 Å². The topological polar surface area (TPSA) is 79.2 Å². The predicted octanol–water partition coefficient (Wildman–Crippen LogP) is 5.68. The van der Waals surface area contributed by atoms with Crippen LogP contribution in [0.25, 0.3) is 11.2 Å². The molecule has 3 aromatic rings. The summed E-state index contributed by atoms with van der Waals surface area (Å²) < 4.78 is 42.9. The molecular weight excluding hydrogens is 578 g/mol. The molecule has 1 aromatic carbocycles. The number of rotatable bonds is 8. The average molecular weight is 613 g/mol. The summed E-state index contributed by atoms with van der Waals surface area (Å²) in [5.74, 6) is 1.56. The number of fused-ring (bicyclic) bond motifs is 1. The van der Waals surface area contributed by atoms with Crippen molar-refractivity contribution in [1.82, 2.24) is 30.0 Å². The summed E-state index contributed by atoms with van der Waals surface area (Å²) in [5.41, 5.74) is -0.722. The summed E-state index contributed by atoms with van der Waals surface area (Å²) in [6, 6.07) is 4.24. The molecule has 1 N–H and O–H groups in total. The van der Waals surface area contributed by atoms with Gasteiger partial charge in [0.15, 0.2) is 11.3 Å². The maximum absolute atomic E-state index is 13.9. The van der Waals surface area contributed by atoms with Crippen molar-refractivity contribution in [3.63, 3.8) is 0 Å². The van der Waals surface area contributed by atoms with Crippen molar-refractivity contribution in [2.75, 3.05) is 44.2 Å². The van der Waals surface area contributed by atoms with Crippen molar-refractivity contribution < 1.29 is 18.0 Å². The molecule has 2 saturated heterocycles. The van der Waals surface area contributed by atoms with Gasteiger partial charge in [0.1, 0.15) is 11.3 Å². The van der Waals surface area contributed by atoms with Crippen molar-refractivity contribution in [1.29, 1.82) is 0 Å². The third-order valence-electron chi connectivity index (χ3n) is 8.13. The van der Waals surface area contributed by atoms with Gasteiger partial charge in [-0.15, -0.1) is 0 Å². The van der Waals surface area contributed by atoms with E-state index in [2.05, 4.69) is 30.2 Å². The zero-order valence-electron chi connectivity index (χ0n) is 23.3. The smallest absolute Gasteiger partial charge is 0.355 e. The molecule has 2 aliphatic heterocycles. The Morgan fingerprint density at radius 2 is 1.90 bits per heavy atom. The monoisotopic (exact) mass is 611 g/mol. The average Bonchev–Trinajstić information content (AvgIpc) is 3.27. The molecule has 1 amide bonds. The van der Waals surface area contributed by atoms with E-state index in [1.807, 2.05) is 13.8 Å². The highest BCUT2D eigenvalue weighted by molar-refractivity contribution is 6.35. The molecule has 2 aromatic heterocycles. The van der Waals surface area contributed by atoms with Gasteiger partial charge >= 0.3 is 6.18 Å². The fourth-order valence-corrected chi connectivity index (χ4v) is 6.27. The highest BCUT2D eigenvalue weighted by Gasteiger charge is 2.40. The minimum atomic E-state index is -4.69. The lowest BCUT2D eigenvalue weighted by atomic mass is 9.80. The minimum Gasteiger partial charge on any atom is -0.355 e. The van der Waals surface area contributed by atoms with Crippen LogP contribution in [0.15, 0.2) is 24.4 Å². The first-order chi connectivity index (χ1) is 19.4. The zero-order chi connectivity index (χ0) is 29.5. The molecular formula is C28H34Cl2F3N7O. The van der Waals surface area contributed by atoms with E-state index in [-0.39, 0.29) is 23.0 Å². The Morgan fingerprint density at radius 3 is 2.59 bits per heavy atom. The SMILES string of the molecule is CC(C)C(=O)NCCN1CCC[C@@H](C2CN(c3cnc4c(C(F)(F)F)nn([C@H](C)c5ccc(Cl)cc5Cl)c4n3)C2)C1. The van der Waals surface area contributed by atoms with Crippen molar-refractivity contribution >= 4 is 46.1 Å². The number of halogens is 5. The van der Waals surface area contributed by atoms with Gasteiger partial charge in [-0.1, -0.05) is 43.1 Å². The van der Waals surface area contributed by atoms with Crippen molar-refractivity contribution in [3.05, 3.63) is 45.7 Å². The summed E-state index contributed by atoms with van der Waals surface area (Å²) in [4.78, 5) is 25.1. The van der Waals surface area contributed by atoms with Crippen LogP contribution >= 0.6 is 23.2 Å². The molecule has 0 spiro atoms. The lowest BCUT2D eigenvalue weighted by Crippen LogP contribution is -2.54. The predicted molar refractivity (Wildman–Crippen MR) is 153 cm³/mol. The standard InChI is InChI=1S/C28H34Cl2F3N7O/c1-16(2)27(41)34-8-10-38-9-4-5-18(13-38)19-14-39(15-19)23-12-35-24-25(28(31,32)33)37-40(26(24)36-23)17(3)21-7-6-20(29)11-22(21)30/h6-7,11-12,16-19H,4-5,8-10,13-15H2,1-3H3,(H,34,41)/t17-,18-/m1/s1. The second-order valence-electron chi connectivity index (χ2n) is 11.3. The molecule has 8 nitrogen and oxygen atoms in total. The fourth-order valence-electron chi connectivity index (χ4n) is 5.70. The normalized spacial score (nSPS) is 19.5. The quantitative estimate of drug-likeness (QED) is 0.353. The summed E-state index contributed by atoms with van der Waals surface area (Å²) in [6.45, 7) is 10.5. The van der Waals surface area contributed by atoms with Crippen LogP contribution in [-0.2, 0) is 11.0 Å². The molecule has 0 radical (unpaired) electrons. The van der Waals surface area contributed by atoms with Crippen molar-refractivity contribution in [3.8, 4) is 0 Å². The number of nitrogens with one attached hydrogen (secondary N) is 1. The van der Waals surface area contributed by atoms with Crippen LogP contribution in [-0.4, -0.2) is 69.8 Å². The Labute approximate surface area is 247 Å². The van der Waals surface area contributed by atoms with Gasteiger partial charge in [-0.3, -0.25) is 4.79 Å². The molecule has 2 aliphatic rings. The molecule has 0 aliphatic carbocycles. The minimum absolute atomic E-state index is 0.0236. The summed E-state index contributed by atoms with van der Waals surface area (Å²) in [6.07, 6.45) is -1.03. The number of piperidine rings is 1. The number of amides is 1. The molecule has 0 unspecified atom stereocenters. The highest BCUT2D eigenvalue weighted by Crippen LogP contribution is 2.38. The van der Waals surface area contributed by atoms with Crippen LogP contribution in [0.3, 0.4) is 0 Å². The van der Waals surface area contributed by atoms with E-state index in [9.17, 15) is 18.0 Å². The number of alkyl halides is 3. The highest BCUT2D eigenvalue weighted by atomic mass is 35.5. The zero-order valence-corrected chi connectivity index (χ0v) is 24.8. The second kappa shape index (κ2) is 11.9. The van der Waals surface area contributed by atoms with Gasteiger partial charge in [0, 0.05) is 48.7 Å². The molecule has 5 rings (SSSR count). The first-order valence-electron chi connectivity index (χ1n) is 13.9. The summed E-state index contributed by atoms with van der Waals surface area (Å²) in [5, 5.41) is 7.67. The third-order valence-corrected chi connectivity index (χ3v) is 8.69. The molecule has 13 heteroatoms. The van der Waals surface area contributed by atoms with E-state index in [4.69, 9.17) is 23.2 Å². The van der Waals surface area contributed by atoms with Crippen LogP contribution in [0.4, 0.5) is 19.0 Å².